The van der Waals surface area contributed by atoms with Crippen molar-refractivity contribution < 1.29 is 14.3 Å². The van der Waals surface area contributed by atoms with Gasteiger partial charge in [-0.25, -0.2) is 0 Å². The number of amides is 2. The second kappa shape index (κ2) is 10.3. The molecule has 1 saturated heterocycles. The fraction of sp³-hybridized carbons (Fsp3) is 0.619. The summed E-state index contributed by atoms with van der Waals surface area (Å²) in [6, 6.07) is 8.00. The second-order valence-corrected chi connectivity index (χ2v) is 7.73. The van der Waals surface area contributed by atoms with Crippen molar-refractivity contribution in [1.29, 1.82) is 0 Å². The van der Waals surface area contributed by atoms with Crippen LogP contribution in [0.15, 0.2) is 24.3 Å². The molecule has 1 aromatic rings. The lowest BCUT2D eigenvalue weighted by atomic mass is 9.96. The van der Waals surface area contributed by atoms with Gasteiger partial charge in [-0.05, 0) is 58.5 Å². The number of piperidine rings is 1. The predicted octanol–water partition coefficient (Wildman–Crippen LogP) is 1.93. The second-order valence-electron chi connectivity index (χ2n) is 7.73. The molecule has 150 valence electrons. The highest BCUT2D eigenvalue weighted by Gasteiger charge is 2.29. The van der Waals surface area contributed by atoms with E-state index in [2.05, 4.69) is 10.2 Å². The average Bonchev–Trinajstić information content (AvgIpc) is 2.61. The summed E-state index contributed by atoms with van der Waals surface area (Å²) >= 11 is 0. The zero-order chi connectivity index (χ0) is 19.8. The van der Waals surface area contributed by atoms with E-state index < -0.39 is 0 Å². The largest absolute Gasteiger partial charge is 0.491 e. The van der Waals surface area contributed by atoms with Crippen LogP contribution >= 0.6 is 0 Å². The number of rotatable bonds is 9. The normalized spacial score (nSPS) is 17.5. The Morgan fingerprint density at radius 3 is 2.63 bits per heavy atom. The first-order valence-electron chi connectivity index (χ1n) is 9.81. The summed E-state index contributed by atoms with van der Waals surface area (Å²) in [7, 11) is 3.97. The van der Waals surface area contributed by atoms with Crippen molar-refractivity contribution in [2.45, 2.75) is 39.2 Å². The van der Waals surface area contributed by atoms with Gasteiger partial charge in [0.25, 0.3) is 0 Å². The van der Waals surface area contributed by atoms with Gasteiger partial charge in [0.2, 0.25) is 11.8 Å². The lowest BCUT2D eigenvalue weighted by molar-refractivity contribution is -0.138. The molecule has 2 rings (SSSR count). The van der Waals surface area contributed by atoms with Crippen molar-refractivity contribution in [3.8, 4) is 5.75 Å². The van der Waals surface area contributed by atoms with Crippen molar-refractivity contribution in [2.24, 2.45) is 5.92 Å². The molecule has 1 aliphatic rings. The van der Waals surface area contributed by atoms with E-state index in [4.69, 9.17) is 4.74 Å². The van der Waals surface area contributed by atoms with Gasteiger partial charge in [-0.3, -0.25) is 9.59 Å². The number of nitrogens with zero attached hydrogens (tertiary/aromatic N) is 2. The molecule has 6 heteroatoms. The molecule has 1 aliphatic heterocycles. The molecule has 0 spiro atoms. The number of likely N-dealkylation sites (tertiary alicyclic amines) is 1. The average molecular weight is 376 g/mol. The van der Waals surface area contributed by atoms with Crippen LogP contribution in [0, 0.1) is 5.92 Å². The van der Waals surface area contributed by atoms with Gasteiger partial charge < -0.3 is 19.9 Å². The number of nitrogens with one attached hydrogen (secondary N) is 1. The highest BCUT2D eigenvalue weighted by atomic mass is 16.5. The third kappa shape index (κ3) is 7.21. The molecule has 1 heterocycles. The number of ether oxygens (including phenoxy) is 1. The predicted molar refractivity (Wildman–Crippen MR) is 107 cm³/mol. The highest BCUT2D eigenvalue weighted by molar-refractivity contribution is 5.83. The number of likely N-dealkylation sites (N-methyl/N-ethyl adjacent to an activating group) is 1. The molecule has 0 aromatic heterocycles. The number of carbonyl (C=O) groups excluding carboxylic acids is 2. The molecule has 1 aromatic carbocycles. The van der Waals surface area contributed by atoms with Gasteiger partial charge in [-0.1, -0.05) is 12.1 Å². The van der Waals surface area contributed by atoms with Crippen molar-refractivity contribution in [3.63, 3.8) is 0 Å². The lowest BCUT2D eigenvalue weighted by Crippen LogP contribution is -2.47. The first kappa shape index (κ1) is 21.2. The zero-order valence-electron chi connectivity index (χ0n) is 17.0. The third-order valence-electron chi connectivity index (χ3n) is 4.70. The number of hydrogen-bond donors (Lipinski definition) is 1. The molecule has 0 saturated carbocycles. The lowest BCUT2D eigenvalue weighted by Gasteiger charge is -2.32. The minimum atomic E-state index is -0.105. The monoisotopic (exact) mass is 375 g/mol. The maximum atomic E-state index is 12.5. The summed E-state index contributed by atoms with van der Waals surface area (Å²) in [5, 5.41) is 3.03. The fourth-order valence-electron chi connectivity index (χ4n) is 3.15. The molecular weight excluding hydrogens is 342 g/mol. The maximum absolute atomic E-state index is 12.5. The van der Waals surface area contributed by atoms with Crippen molar-refractivity contribution in [2.75, 3.05) is 40.3 Å². The van der Waals surface area contributed by atoms with Gasteiger partial charge in [0.05, 0.1) is 12.0 Å². The summed E-state index contributed by atoms with van der Waals surface area (Å²) in [6.07, 6.45) is 2.05. The van der Waals surface area contributed by atoms with Crippen LogP contribution in [0.4, 0.5) is 0 Å². The topological polar surface area (TPSA) is 61.9 Å². The van der Waals surface area contributed by atoms with Crippen LogP contribution in [-0.4, -0.2) is 68.0 Å². The van der Waals surface area contributed by atoms with Crippen LogP contribution in [0.5, 0.6) is 5.75 Å². The Bertz CT molecular complexity index is 614. The smallest absolute Gasteiger partial charge is 0.224 e. The Morgan fingerprint density at radius 1 is 1.30 bits per heavy atom. The molecule has 0 bridgehead atoms. The minimum Gasteiger partial charge on any atom is -0.491 e. The van der Waals surface area contributed by atoms with Crippen LogP contribution in [0.2, 0.25) is 0 Å². The van der Waals surface area contributed by atoms with E-state index in [-0.39, 0.29) is 23.8 Å². The van der Waals surface area contributed by atoms with Gasteiger partial charge in [-0.15, -0.1) is 0 Å². The van der Waals surface area contributed by atoms with Crippen molar-refractivity contribution in [3.05, 3.63) is 29.8 Å². The molecule has 1 N–H and O–H groups in total. The summed E-state index contributed by atoms with van der Waals surface area (Å²) in [5.41, 5.74) is 1.16. The van der Waals surface area contributed by atoms with E-state index >= 15 is 0 Å². The summed E-state index contributed by atoms with van der Waals surface area (Å²) < 4.78 is 5.64. The van der Waals surface area contributed by atoms with Gasteiger partial charge in [0.1, 0.15) is 5.75 Å². The van der Waals surface area contributed by atoms with E-state index in [0.717, 1.165) is 24.3 Å². The van der Waals surface area contributed by atoms with Gasteiger partial charge in [0.15, 0.2) is 0 Å². The SMILES string of the molecule is CC(C)Oc1ccc(CCNC(=O)C2CCC(=O)N(CCN(C)C)C2)cc1. The summed E-state index contributed by atoms with van der Waals surface area (Å²) in [5.74, 6) is 0.968. The summed E-state index contributed by atoms with van der Waals surface area (Å²) in [4.78, 5) is 28.4. The fourth-order valence-corrected chi connectivity index (χ4v) is 3.15. The Hall–Kier alpha value is -2.08. The quantitative estimate of drug-likeness (QED) is 0.716. The summed E-state index contributed by atoms with van der Waals surface area (Å²) in [6.45, 7) is 6.63. The molecular formula is C21H33N3O3. The molecule has 0 radical (unpaired) electrons. The number of carbonyl (C=O) groups is 2. The number of hydrogen-bond acceptors (Lipinski definition) is 4. The molecule has 1 atom stereocenters. The van der Waals surface area contributed by atoms with Gasteiger partial charge in [-0.2, -0.15) is 0 Å². The van der Waals surface area contributed by atoms with Gasteiger partial charge >= 0.3 is 0 Å². The minimum absolute atomic E-state index is 0.0529. The van der Waals surface area contributed by atoms with Crippen LogP contribution in [0.1, 0.15) is 32.3 Å². The van der Waals surface area contributed by atoms with Crippen molar-refractivity contribution >= 4 is 11.8 Å². The molecule has 2 amide bonds. The van der Waals surface area contributed by atoms with Crippen LogP contribution in [0.25, 0.3) is 0 Å². The Labute approximate surface area is 162 Å². The van der Waals surface area contributed by atoms with Crippen LogP contribution in [0.3, 0.4) is 0 Å². The third-order valence-corrected chi connectivity index (χ3v) is 4.70. The molecule has 27 heavy (non-hydrogen) atoms. The highest BCUT2D eigenvalue weighted by Crippen LogP contribution is 2.18. The molecule has 0 aliphatic carbocycles. The van der Waals surface area contributed by atoms with Gasteiger partial charge in [0, 0.05) is 32.6 Å². The zero-order valence-corrected chi connectivity index (χ0v) is 17.0. The maximum Gasteiger partial charge on any atom is 0.224 e. The molecule has 1 fully saturated rings. The molecule has 6 nitrogen and oxygen atoms in total. The number of benzene rings is 1. The van der Waals surface area contributed by atoms with E-state index in [9.17, 15) is 9.59 Å². The van der Waals surface area contributed by atoms with E-state index in [1.165, 1.54) is 0 Å². The van der Waals surface area contributed by atoms with Crippen LogP contribution < -0.4 is 10.1 Å². The first-order chi connectivity index (χ1) is 12.8. The van der Waals surface area contributed by atoms with E-state index in [1.54, 1.807) is 0 Å². The van der Waals surface area contributed by atoms with E-state index in [0.29, 0.717) is 32.5 Å². The molecule has 1 unspecified atom stereocenters. The Balaban J connectivity index is 1.75. The Kier molecular flexibility index (Phi) is 8.10. The van der Waals surface area contributed by atoms with Crippen LogP contribution in [-0.2, 0) is 16.0 Å². The van der Waals surface area contributed by atoms with E-state index in [1.807, 2.05) is 57.1 Å². The standard InChI is InChI=1S/C21H33N3O3/c1-16(2)27-19-8-5-17(6-9-19)11-12-22-21(26)18-7-10-20(25)24(15-18)14-13-23(3)4/h5-6,8-9,16,18H,7,10-15H2,1-4H3,(H,22,26). The Morgan fingerprint density at radius 2 is 2.00 bits per heavy atom. The van der Waals surface area contributed by atoms with Crippen molar-refractivity contribution in [1.82, 2.24) is 15.1 Å². The first-order valence-corrected chi connectivity index (χ1v) is 9.81.